The average Bonchev–Trinajstić information content (AvgIpc) is 2.93. The summed E-state index contributed by atoms with van der Waals surface area (Å²) in [6, 6.07) is 37.1. The Hall–Kier alpha value is -4.50. The van der Waals surface area contributed by atoms with Gasteiger partial charge < -0.3 is 4.90 Å². The molecule has 5 aromatic carbocycles. The maximum absolute atomic E-state index is 4.69. The number of anilines is 3. The third kappa shape index (κ3) is 2.99. The van der Waals surface area contributed by atoms with Crippen LogP contribution in [0.15, 0.2) is 116 Å². The van der Waals surface area contributed by atoms with Gasteiger partial charge in [-0.25, -0.2) is 9.97 Å². The first kappa shape index (κ1) is 20.8. The third-order valence-corrected chi connectivity index (χ3v) is 7.59. The van der Waals surface area contributed by atoms with E-state index in [9.17, 15) is 0 Å². The first-order valence-corrected chi connectivity index (χ1v) is 12.3. The van der Waals surface area contributed by atoms with Gasteiger partial charge in [-0.2, -0.15) is 0 Å². The van der Waals surface area contributed by atoms with Crippen molar-refractivity contribution in [1.29, 1.82) is 0 Å². The fourth-order valence-corrected chi connectivity index (χ4v) is 5.78. The second kappa shape index (κ2) is 7.76. The largest absolute Gasteiger partial charge is 0.309 e. The lowest BCUT2D eigenvalue weighted by atomic mass is 9.73. The minimum atomic E-state index is -0.0982. The summed E-state index contributed by atoms with van der Waals surface area (Å²) in [6.45, 7) is 4.64. The van der Waals surface area contributed by atoms with Crippen molar-refractivity contribution >= 4 is 38.7 Å². The van der Waals surface area contributed by atoms with E-state index in [-0.39, 0.29) is 5.41 Å². The van der Waals surface area contributed by atoms with E-state index in [0.717, 1.165) is 22.0 Å². The highest BCUT2D eigenvalue weighted by atomic mass is 15.2. The summed E-state index contributed by atoms with van der Waals surface area (Å²) >= 11 is 0. The van der Waals surface area contributed by atoms with Crippen LogP contribution in [0.3, 0.4) is 0 Å². The molecule has 0 amide bonds. The van der Waals surface area contributed by atoms with Gasteiger partial charge in [0, 0.05) is 22.4 Å². The zero-order valence-corrected chi connectivity index (χ0v) is 20.3. The Morgan fingerprint density at radius 1 is 0.583 bits per heavy atom. The molecule has 3 nitrogen and oxygen atoms in total. The number of para-hydroxylation sites is 2. The summed E-state index contributed by atoms with van der Waals surface area (Å²) in [5, 5.41) is 3.40. The molecule has 0 aliphatic carbocycles. The Morgan fingerprint density at radius 2 is 1.25 bits per heavy atom. The monoisotopic (exact) mass is 463 g/mol. The smallest absolute Gasteiger partial charge is 0.116 e. The van der Waals surface area contributed by atoms with Crippen molar-refractivity contribution in [3.63, 3.8) is 0 Å². The highest BCUT2D eigenvalue weighted by Gasteiger charge is 2.37. The number of aromatic nitrogens is 2. The maximum Gasteiger partial charge on any atom is 0.116 e. The van der Waals surface area contributed by atoms with Gasteiger partial charge in [0.25, 0.3) is 0 Å². The molecule has 0 saturated carbocycles. The quantitative estimate of drug-likeness (QED) is 0.241. The number of hydrogen-bond donors (Lipinski definition) is 0. The molecule has 0 saturated heterocycles. The summed E-state index contributed by atoms with van der Waals surface area (Å²) in [6.07, 6.45) is 3.57. The molecule has 1 aromatic heterocycles. The van der Waals surface area contributed by atoms with Crippen LogP contribution in [0.5, 0.6) is 0 Å². The minimum Gasteiger partial charge on any atom is -0.309 e. The molecular formula is C33H25N3. The molecule has 1 aliphatic heterocycles. The molecule has 0 atom stereocenters. The molecule has 6 aromatic rings. The van der Waals surface area contributed by atoms with Crippen molar-refractivity contribution in [3.8, 4) is 11.1 Å². The van der Waals surface area contributed by atoms with Crippen LogP contribution in [0, 0.1) is 0 Å². The van der Waals surface area contributed by atoms with E-state index in [1.807, 2.05) is 6.20 Å². The Balaban J connectivity index is 1.57. The Bertz CT molecular complexity index is 1720. The molecule has 172 valence electrons. The van der Waals surface area contributed by atoms with Gasteiger partial charge in [0.15, 0.2) is 0 Å². The lowest BCUT2D eigenvalue weighted by molar-refractivity contribution is 0.632. The van der Waals surface area contributed by atoms with Gasteiger partial charge in [-0.3, -0.25) is 0 Å². The second-order valence-corrected chi connectivity index (χ2v) is 9.97. The molecule has 0 spiro atoms. The van der Waals surface area contributed by atoms with Crippen LogP contribution < -0.4 is 4.90 Å². The van der Waals surface area contributed by atoms with Crippen LogP contribution in [-0.4, -0.2) is 9.97 Å². The summed E-state index contributed by atoms with van der Waals surface area (Å²) in [7, 11) is 0. The van der Waals surface area contributed by atoms with Gasteiger partial charge in [0.2, 0.25) is 0 Å². The molecule has 2 heterocycles. The predicted molar refractivity (Wildman–Crippen MR) is 149 cm³/mol. The number of hydrogen-bond acceptors (Lipinski definition) is 3. The minimum absolute atomic E-state index is 0.0982. The highest BCUT2D eigenvalue weighted by Crippen LogP contribution is 2.53. The van der Waals surface area contributed by atoms with Crippen LogP contribution in [0.25, 0.3) is 32.8 Å². The number of fused-ring (bicyclic) bond motifs is 5. The van der Waals surface area contributed by atoms with E-state index in [1.54, 1.807) is 6.33 Å². The Labute approximate surface area is 210 Å². The van der Waals surface area contributed by atoms with E-state index in [0.29, 0.717) is 0 Å². The average molecular weight is 464 g/mol. The van der Waals surface area contributed by atoms with E-state index < -0.39 is 0 Å². The lowest BCUT2D eigenvalue weighted by Gasteiger charge is -2.42. The molecule has 1 aliphatic rings. The SMILES string of the molecule is CC1(C)c2ccccc2N(c2cc3ncncc3c3cc(-c4ccccc4)ccc23)c2ccccc21. The van der Waals surface area contributed by atoms with Crippen molar-refractivity contribution in [2.75, 3.05) is 4.90 Å². The van der Waals surface area contributed by atoms with Crippen molar-refractivity contribution in [3.05, 3.63) is 127 Å². The molecule has 0 radical (unpaired) electrons. The molecule has 36 heavy (non-hydrogen) atoms. The van der Waals surface area contributed by atoms with E-state index in [2.05, 4.69) is 127 Å². The number of rotatable bonds is 2. The maximum atomic E-state index is 4.69. The first-order chi connectivity index (χ1) is 17.6. The fourth-order valence-electron chi connectivity index (χ4n) is 5.78. The number of benzene rings is 5. The van der Waals surface area contributed by atoms with Gasteiger partial charge in [-0.05, 0) is 51.9 Å². The molecular weight excluding hydrogens is 438 g/mol. The molecule has 0 fully saturated rings. The standard InChI is InChI=1S/C33H25N3/c1-33(2)27-12-6-8-14-30(27)36(31-15-9-7-13-28(31)33)32-19-29-26(20-34-21-35-29)25-18-23(16-17-24(25)32)22-10-4-3-5-11-22/h3-21H,1-2H3. The normalized spacial score (nSPS) is 14.0. The van der Waals surface area contributed by atoms with Crippen LogP contribution in [0.1, 0.15) is 25.0 Å². The third-order valence-electron chi connectivity index (χ3n) is 7.59. The zero-order valence-electron chi connectivity index (χ0n) is 20.3. The Morgan fingerprint density at radius 3 is 1.97 bits per heavy atom. The van der Waals surface area contributed by atoms with Crippen LogP contribution >= 0.6 is 0 Å². The van der Waals surface area contributed by atoms with Crippen molar-refractivity contribution in [2.45, 2.75) is 19.3 Å². The van der Waals surface area contributed by atoms with Gasteiger partial charge in [0.1, 0.15) is 6.33 Å². The predicted octanol–water partition coefficient (Wildman–Crippen LogP) is 8.56. The summed E-state index contributed by atoms with van der Waals surface area (Å²) < 4.78 is 0. The highest BCUT2D eigenvalue weighted by molar-refractivity contribution is 6.14. The van der Waals surface area contributed by atoms with E-state index in [4.69, 9.17) is 4.98 Å². The molecule has 0 N–H and O–H groups in total. The number of nitrogens with zero attached hydrogens (tertiary/aromatic N) is 3. The van der Waals surface area contributed by atoms with E-state index >= 15 is 0 Å². The van der Waals surface area contributed by atoms with Gasteiger partial charge >= 0.3 is 0 Å². The first-order valence-electron chi connectivity index (χ1n) is 12.3. The lowest BCUT2D eigenvalue weighted by Crippen LogP contribution is -2.30. The molecule has 3 heteroatoms. The summed E-state index contributed by atoms with van der Waals surface area (Å²) in [4.78, 5) is 11.5. The summed E-state index contributed by atoms with van der Waals surface area (Å²) in [5.41, 5.74) is 9.42. The van der Waals surface area contributed by atoms with Crippen molar-refractivity contribution < 1.29 is 0 Å². The molecule has 0 bridgehead atoms. The fraction of sp³-hybridized carbons (Fsp3) is 0.0909. The zero-order chi connectivity index (χ0) is 24.3. The van der Waals surface area contributed by atoms with Crippen LogP contribution in [0.4, 0.5) is 17.1 Å². The van der Waals surface area contributed by atoms with Crippen LogP contribution in [0.2, 0.25) is 0 Å². The summed E-state index contributed by atoms with van der Waals surface area (Å²) in [5.74, 6) is 0. The topological polar surface area (TPSA) is 29.0 Å². The van der Waals surface area contributed by atoms with Gasteiger partial charge in [-0.1, -0.05) is 92.7 Å². The van der Waals surface area contributed by atoms with Gasteiger partial charge in [-0.15, -0.1) is 0 Å². The van der Waals surface area contributed by atoms with E-state index in [1.165, 1.54) is 39.0 Å². The van der Waals surface area contributed by atoms with Gasteiger partial charge in [0.05, 0.1) is 22.6 Å². The van der Waals surface area contributed by atoms with Crippen molar-refractivity contribution in [2.24, 2.45) is 0 Å². The Kier molecular flexibility index (Phi) is 4.49. The second-order valence-electron chi connectivity index (χ2n) is 9.97. The molecule has 7 rings (SSSR count). The van der Waals surface area contributed by atoms with Crippen molar-refractivity contribution in [1.82, 2.24) is 9.97 Å². The van der Waals surface area contributed by atoms with Crippen LogP contribution in [-0.2, 0) is 5.41 Å². The molecule has 0 unspecified atom stereocenters.